The van der Waals surface area contributed by atoms with E-state index in [9.17, 15) is 4.79 Å². The number of carbonyl (C=O) groups excluding carboxylic acids is 1. The molecule has 4 nitrogen and oxygen atoms in total. The number of thioether (sulfide) groups is 1. The van der Waals surface area contributed by atoms with Crippen LogP contribution in [-0.4, -0.2) is 21.8 Å². The van der Waals surface area contributed by atoms with Crippen molar-refractivity contribution in [3.8, 4) is 0 Å². The summed E-state index contributed by atoms with van der Waals surface area (Å²) in [6.45, 7) is 6.57. The third kappa shape index (κ3) is 5.12. The highest BCUT2D eigenvalue weighted by Gasteiger charge is 2.36. The van der Waals surface area contributed by atoms with E-state index in [0.717, 1.165) is 22.4 Å². The topological polar surface area (TPSA) is 45.0 Å². The van der Waals surface area contributed by atoms with Gasteiger partial charge in [0.05, 0.1) is 16.7 Å². The Morgan fingerprint density at radius 1 is 0.971 bits per heavy atom. The minimum absolute atomic E-state index is 0.0630. The van der Waals surface area contributed by atoms with Gasteiger partial charge in [0.25, 0.3) is 5.91 Å². The zero-order chi connectivity index (χ0) is 24.6. The van der Waals surface area contributed by atoms with Crippen LogP contribution in [0.15, 0.2) is 93.9 Å². The Hall–Kier alpha value is -3.15. The summed E-state index contributed by atoms with van der Waals surface area (Å²) in [6, 6.07) is 26.2. The van der Waals surface area contributed by atoms with E-state index in [2.05, 4.69) is 62.2 Å². The molecule has 0 radical (unpaired) electrons. The van der Waals surface area contributed by atoms with Crippen LogP contribution in [0.3, 0.4) is 0 Å². The van der Waals surface area contributed by atoms with Crippen molar-refractivity contribution in [2.75, 3.05) is 0 Å². The molecule has 2 aliphatic heterocycles. The highest BCUT2D eigenvalue weighted by molar-refractivity contribution is 8.18. The average Bonchev–Trinajstić information content (AvgIpc) is 3.44. The third-order valence-electron chi connectivity index (χ3n) is 6.15. The Morgan fingerprint density at radius 2 is 1.66 bits per heavy atom. The molecule has 2 aliphatic rings. The number of aliphatic imine (C=N–C) groups is 1. The van der Waals surface area contributed by atoms with Crippen LogP contribution in [0.1, 0.15) is 55.5 Å². The van der Waals surface area contributed by atoms with E-state index in [0.29, 0.717) is 21.5 Å². The Labute approximate surface area is 215 Å². The summed E-state index contributed by atoms with van der Waals surface area (Å²) >= 11 is 7.51. The Bertz CT molecular complexity index is 1340. The summed E-state index contributed by atoms with van der Waals surface area (Å²) in [6.07, 6.45) is 2.62. The molecule has 176 valence electrons. The summed E-state index contributed by atoms with van der Waals surface area (Å²) in [5.74, 6) is -0.233. The van der Waals surface area contributed by atoms with Crippen LogP contribution in [-0.2, 0) is 10.2 Å². The Kier molecular flexibility index (Phi) is 6.39. The molecule has 0 spiro atoms. The van der Waals surface area contributed by atoms with Crippen molar-refractivity contribution in [2.24, 2.45) is 10.1 Å². The van der Waals surface area contributed by atoms with Gasteiger partial charge in [-0.05, 0) is 57.6 Å². The van der Waals surface area contributed by atoms with Gasteiger partial charge in [0.15, 0.2) is 5.17 Å². The lowest BCUT2D eigenvalue weighted by atomic mass is 9.87. The molecule has 3 aromatic carbocycles. The summed E-state index contributed by atoms with van der Waals surface area (Å²) in [4.78, 5) is 17.8. The molecule has 6 heteroatoms. The number of hydrogen-bond acceptors (Lipinski definition) is 4. The SMILES string of the molecule is CC(C)(C)c1ccc(/C=C2\SC(N3N=C(c4ccccc4)CC3c3ccc(Cl)cc3)=NC2=O)cc1. The van der Waals surface area contributed by atoms with E-state index in [4.69, 9.17) is 16.7 Å². The lowest BCUT2D eigenvalue weighted by Crippen LogP contribution is -2.23. The maximum Gasteiger partial charge on any atom is 0.286 e. The average molecular weight is 500 g/mol. The van der Waals surface area contributed by atoms with Crippen molar-refractivity contribution in [1.82, 2.24) is 5.01 Å². The molecular weight excluding hydrogens is 474 g/mol. The van der Waals surface area contributed by atoms with Gasteiger partial charge in [-0.15, -0.1) is 0 Å². The van der Waals surface area contributed by atoms with E-state index in [1.807, 2.05) is 53.5 Å². The number of hydrogen-bond donors (Lipinski definition) is 0. The molecule has 5 rings (SSSR count). The molecule has 3 aromatic rings. The van der Waals surface area contributed by atoms with Crippen molar-refractivity contribution < 1.29 is 4.79 Å². The fourth-order valence-corrected chi connectivity index (χ4v) is 5.20. The standard InChI is InChI=1S/C29H26ClN3OS/c1-29(2,3)22-13-9-19(10-14-22)17-26-27(34)31-28(35-26)33-25(21-11-15-23(30)16-12-21)18-24(32-33)20-7-5-4-6-8-20/h4-17,25H,18H2,1-3H3/b26-17-. The summed E-state index contributed by atoms with van der Waals surface area (Å²) in [5, 5.41) is 8.09. The van der Waals surface area contributed by atoms with Crippen molar-refractivity contribution in [2.45, 2.75) is 38.6 Å². The van der Waals surface area contributed by atoms with Gasteiger partial charge in [0.1, 0.15) is 0 Å². The first-order valence-electron chi connectivity index (χ1n) is 11.6. The molecule has 0 bridgehead atoms. The molecule has 0 aromatic heterocycles. The number of hydrazone groups is 1. The molecule has 0 aliphatic carbocycles. The molecular formula is C29H26ClN3OS. The molecule has 0 saturated carbocycles. The summed E-state index contributed by atoms with van der Waals surface area (Å²) in [7, 11) is 0. The number of nitrogens with zero attached hydrogens (tertiary/aromatic N) is 3. The highest BCUT2D eigenvalue weighted by Crippen LogP contribution is 2.40. The van der Waals surface area contributed by atoms with Crippen LogP contribution >= 0.6 is 23.4 Å². The first-order chi connectivity index (χ1) is 16.8. The number of carbonyl (C=O) groups is 1. The largest absolute Gasteiger partial charge is 0.286 e. The van der Waals surface area contributed by atoms with E-state index >= 15 is 0 Å². The lowest BCUT2D eigenvalue weighted by Gasteiger charge is -2.22. The second-order valence-electron chi connectivity index (χ2n) is 9.71. The van der Waals surface area contributed by atoms with Crippen LogP contribution in [0.5, 0.6) is 0 Å². The summed E-state index contributed by atoms with van der Waals surface area (Å²) < 4.78 is 0. The maximum atomic E-state index is 12.8. The molecule has 0 fully saturated rings. The van der Waals surface area contributed by atoms with Crippen LogP contribution in [0.2, 0.25) is 5.02 Å². The second-order valence-corrected chi connectivity index (χ2v) is 11.2. The number of amides is 1. The van der Waals surface area contributed by atoms with E-state index < -0.39 is 0 Å². The summed E-state index contributed by atoms with van der Waals surface area (Å²) in [5.41, 5.74) is 5.44. The maximum absolute atomic E-state index is 12.8. The van der Waals surface area contributed by atoms with Crippen LogP contribution in [0, 0.1) is 0 Å². The lowest BCUT2D eigenvalue weighted by molar-refractivity contribution is -0.113. The number of benzene rings is 3. The minimum atomic E-state index is -0.233. The van der Waals surface area contributed by atoms with Gasteiger partial charge in [0.2, 0.25) is 0 Å². The quantitative estimate of drug-likeness (QED) is 0.351. The van der Waals surface area contributed by atoms with Gasteiger partial charge in [0, 0.05) is 11.4 Å². The number of rotatable bonds is 3. The smallest absolute Gasteiger partial charge is 0.266 e. The van der Waals surface area contributed by atoms with Gasteiger partial charge in [-0.25, -0.2) is 5.01 Å². The minimum Gasteiger partial charge on any atom is -0.266 e. The van der Waals surface area contributed by atoms with Crippen LogP contribution in [0.4, 0.5) is 0 Å². The van der Waals surface area contributed by atoms with Gasteiger partial charge >= 0.3 is 0 Å². The first-order valence-corrected chi connectivity index (χ1v) is 12.8. The van der Waals surface area contributed by atoms with Gasteiger partial charge in [-0.3, -0.25) is 4.79 Å². The molecule has 1 unspecified atom stereocenters. The second kappa shape index (κ2) is 9.48. The molecule has 1 atom stereocenters. The van der Waals surface area contributed by atoms with Crippen molar-refractivity contribution in [3.05, 3.63) is 111 Å². The molecule has 0 N–H and O–H groups in total. The molecule has 2 heterocycles. The monoisotopic (exact) mass is 499 g/mol. The fourth-order valence-electron chi connectivity index (χ4n) is 4.16. The van der Waals surface area contributed by atoms with E-state index in [-0.39, 0.29) is 17.4 Å². The predicted molar refractivity (Wildman–Crippen MR) is 147 cm³/mol. The Morgan fingerprint density at radius 3 is 2.31 bits per heavy atom. The molecule has 1 amide bonds. The van der Waals surface area contributed by atoms with Crippen molar-refractivity contribution >= 4 is 46.2 Å². The van der Waals surface area contributed by atoms with Gasteiger partial charge in [-0.2, -0.15) is 10.1 Å². The van der Waals surface area contributed by atoms with E-state index in [1.165, 1.54) is 17.3 Å². The normalized spacial score (nSPS) is 19.3. The van der Waals surface area contributed by atoms with Gasteiger partial charge < -0.3 is 0 Å². The van der Waals surface area contributed by atoms with Crippen molar-refractivity contribution in [3.63, 3.8) is 0 Å². The van der Waals surface area contributed by atoms with Crippen LogP contribution in [0.25, 0.3) is 6.08 Å². The predicted octanol–water partition coefficient (Wildman–Crippen LogP) is 7.46. The third-order valence-corrected chi connectivity index (χ3v) is 7.38. The van der Waals surface area contributed by atoms with Crippen LogP contribution < -0.4 is 0 Å². The zero-order valence-electron chi connectivity index (χ0n) is 19.9. The molecule has 35 heavy (non-hydrogen) atoms. The number of halogens is 1. The molecule has 0 saturated heterocycles. The fraction of sp³-hybridized carbons (Fsp3) is 0.207. The highest BCUT2D eigenvalue weighted by atomic mass is 35.5. The zero-order valence-corrected chi connectivity index (χ0v) is 21.5. The first kappa shape index (κ1) is 23.6. The van der Waals surface area contributed by atoms with E-state index in [1.54, 1.807) is 0 Å². The number of amidine groups is 1. The van der Waals surface area contributed by atoms with Crippen molar-refractivity contribution in [1.29, 1.82) is 0 Å². The Balaban J connectivity index is 1.43. The van der Waals surface area contributed by atoms with Gasteiger partial charge in [-0.1, -0.05) is 99.1 Å².